The number of ether oxygens (including phenoxy) is 2. The first-order valence-corrected chi connectivity index (χ1v) is 11.9. The molecular weight excluding hydrogens is 466 g/mol. The van der Waals surface area contributed by atoms with E-state index in [4.69, 9.17) is 15.2 Å². The number of carbonyl (C=O) groups is 2. The SMILES string of the molecule is CCOC(=O)C1=C(C)N=c2s/c(=C/c3ccc(OCC(N)=O)cc3)c(=O)n2[C@H]1c1ccc(C)cc1. The molecule has 0 saturated heterocycles. The van der Waals surface area contributed by atoms with E-state index in [2.05, 4.69) is 4.99 Å². The zero-order valence-corrected chi connectivity index (χ0v) is 20.4. The van der Waals surface area contributed by atoms with Gasteiger partial charge in [-0.15, -0.1) is 0 Å². The summed E-state index contributed by atoms with van der Waals surface area (Å²) in [5, 5.41) is 0. The van der Waals surface area contributed by atoms with E-state index in [1.54, 1.807) is 48.8 Å². The predicted molar refractivity (Wildman–Crippen MR) is 133 cm³/mol. The van der Waals surface area contributed by atoms with Crippen LogP contribution in [0.25, 0.3) is 6.08 Å². The molecule has 0 unspecified atom stereocenters. The summed E-state index contributed by atoms with van der Waals surface area (Å²) in [6.07, 6.45) is 1.76. The molecule has 1 atom stereocenters. The second kappa shape index (κ2) is 10.1. The molecule has 0 fully saturated rings. The molecular formula is C26H25N3O5S. The van der Waals surface area contributed by atoms with Crippen LogP contribution < -0.4 is 25.4 Å². The summed E-state index contributed by atoms with van der Waals surface area (Å²) in [7, 11) is 0. The van der Waals surface area contributed by atoms with Crippen molar-refractivity contribution in [2.24, 2.45) is 10.7 Å². The number of benzene rings is 2. The molecule has 0 radical (unpaired) electrons. The number of esters is 1. The number of amides is 1. The first-order valence-electron chi connectivity index (χ1n) is 11.1. The monoisotopic (exact) mass is 491 g/mol. The number of nitrogens with two attached hydrogens (primary N) is 1. The van der Waals surface area contributed by atoms with Gasteiger partial charge in [-0.05, 0) is 50.1 Å². The van der Waals surface area contributed by atoms with Crippen LogP contribution in [-0.4, -0.2) is 29.7 Å². The lowest BCUT2D eigenvalue weighted by atomic mass is 9.95. The van der Waals surface area contributed by atoms with Crippen LogP contribution in [0.2, 0.25) is 0 Å². The number of primary amides is 1. The molecule has 0 saturated carbocycles. The largest absolute Gasteiger partial charge is 0.484 e. The summed E-state index contributed by atoms with van der Waals surface area (Å²) in [5.74, 6) is -0.549. The zero-order chi connectivity index (χ0) is 25.1. The summed E-state index contributed by atoms with van der Waals surface area (Å²) in [6.45, 7) is 5.50. The fraction of sp³-hybridized carbons (Fsp3) is 0.231. The standard InChI is InChI=1S/C26H25N3O5S/c1-4-33-25(32)22-16(3)28-26-29(23(22)18-9-5-15(2)6-10-18)24(31)20(35-26)13-17-7-11-19(12-8-17)34-14-21(27)30/h5-13,23H,4,14H2,1-3H3,(H2,27,30)/b20-13+/t23-/m0/s1. The van der Waals surface area contributed by atoms with E-state index in [1.807, 2.05) is 31.2 Å². The summed E-state index contributed by atoms with van der Waals surface area (Å²) in [4.78, 5) is 42.5. The molecule has 0 bridgehead atoms. The molecule has 1 aliphatic rings. The number of hydrogen-bond acceptors (Lipinski definition) is 7. The Balaban J connectivity index is 1.81. The Bertz CT molecular complexity index is 1480. The maximum Gasteiger partial charge on any atom is 0.338 e. The normalized spacial score (nSPS) is 15.4. The third-order valence-corrected chi connectivity index (χ3v) is 6.45. The molecule has 9 heteroatoms. The second-order valence-corrected chi connectivity index (χ2v) is 9.05. The molecule has 0 spiro atoms. The minimum atomic E-state index is -0.641. The average Bonchev–Trinajstić information content (AvgIpc) is 3.12. The molecule has 1 amide bonds. The molecule has 3 aromatic rings. The number of nitrogens with zero attached hydrogens (tertiary/aromatic N) is 2. The number of hydrogen-bond donors (Lipinski definition) is 1. The van der Waals surface area contributed by atoms with Crippen molar-refractivity contribution in [3.8, 4) is 5.75 Å². The third kappa shape index (κ3) is 5.09. The van der Waals surface area contributed by atoms with Crippen LogP contribution in [0.1, 0.15) is 36.6 Å². The van der Waals surface area contributed by atoms with E-state index in [9.17, 15) is 14.4 Å². The lowest BCUT2D eigenvalue weighted by Gasteiger charge is -2.24. The first kappa shape index (κ1) is 24.2. The average molecular weight is 492 g/mol. The van der Waals surface area contributed by atoms with Gasteiger partial charge in [-0.25, -0.2) is 9.79 Å². The van der Waals surface area contributed by atoms with Gasteiger partial charge in [0.1, 0.15) is 5.75 Å². The van der Waals surface area contributed by atoms with Gasteiger partial charge in [0.2, 0.25) is 0 Å². The molecule has 2 aromatic carbocycles. The van der Waals surface area contributed by atoms with Crippen LogP contribution in [-0.2, 0) is 14.3 Å². The van der Waals surface area contributed by atoms with Gasteiger partial charge in [0, 0.05) is 0 Å². The summed E-state index contributed by atoms with van der Waals surface area (Å²) >= 11 is 1.26. The van der Waals surface area contributed by atoms with Crippen molar-refractivity contribution in [3.05, 3.63) is 96.2 Å². The van der Waals surface area contributed by atoms with Crippen molar-refractivity contribution in [3.63, 3.8) is 0 Å². The van der Waals surface area contributed by atoms with Gasteiger partial charge in [-0.1, -0.05) is 53.3 Å². The van der Waals surface area contributed by atoms with Crippen molar-refractivity contribution < 1.29 is 19.1 Å². The highest BCUT2D eigenvalue weighted by atomic mass is 32.1. The second-order valence-electron chi connectivity index (χ2n) is 8.04. The molecule has 1 aromatic heterocycles. The maximum atomic E-state index is 13.6. The number of thiazole rings is 1. The van der Waals surface area contributed by atoms with Gasteiger partial charge >= 0.3 is 5.97 Å². The first-order chi connectivity index (χ1) is 16.8. The lowest BCUT2D eigenvalue weighted by Crippen LogP contribution is -2.39. The molecule has 35 heavy (non-hydrogen) atoms. The molecule has 0 aliphatic carbocycles. The molecule has 2 N–H and O–H groups in total. The molecule has 1 aliphatic heterocycles. The highest BCUT2D eigenvalue weighted by Gasteiger charge is 2.33. The number of rotatable bonds is 7. The summed E-state index contributed by atoms with van der Waals surface area (Å²) < 4.78 is 12.6. The van der Waals surface area contributed by atoms with Crippen LogP contribution in [0.15, 0.2) is 69.6 Å². The van der Waals surface area contributed by atoms with E-state index >= 15 is 0 Å². The van der Waals surface area contributed by atoms with Crippen LogP contribution in [0.4, 0.5) is 0 Å². The van der Waals surface area contributed by atoms with E-state index in [0.29, 0.717) is 26.4 Å². The molecule has 2 heterocycles. The van der Waals surface area contributed by atoms with E-state index in [-0.39, 0.29) is 18.8 Å². The topological polar surface area (TPSA) is 113 Å². The fourth-order valence-electron chi connectivity index (χ4n) is 3.82. The van der Waals surface area contributed by atoms with Crippen LogP contribution in [0.5, 0.6) is 5.75 Å². The third-order valence-electron chi connectivity index (χ3n) is 5.47. The van der Waals surface area contributed by atoms with Gasteiger partial charge in [0.15, 0.2) is 11.4 Å². The number of allylic oxidation sites excluding steroid dienone is 1. The molecule has 8 nitrogen and oxygen atoms in total. The molecule has 180 valence electrons. The van der Waals surface area contributed by atoms with Crippen molar-refractivity contribution in [1.29, 1.82) is 0 Å². The fourth-order valence-corrected chi connectivity index (χ4v) is 4.87. The van der Waals surface area contributed by atoms with Gasteiger partial charge in [-0.2, -0.15) is 0 Å². The van der Waals surface area contributed by atoms with Crippen molar-refractivity contribution in [1.82, 2.24) is 4.57 Å². The van der Waals surface area contributed by atoms with Gasteiger partial charge in [0.25, 0.3) is 11.5 Å². The predicted octanol–water partition coefficient (Wildman–Crippen LogP) is 1.97. The van der Waals surface area contributed by atoms with Crippen LogP contribution in [0.3, 0.4) is 0 Å². The molecule has 4 rings (SSSR count). The quantitative estimate of drug-likeness (QED) is 0.508. The number of carbonyl (C=O) groups excluding carboxylic acids is 2. The number of fused-ring (bicyclic) bond motifs is 1. The van der Waals surface area contributed by atoms with Crippen molar-refractivity contribution >= 4 is 29.3 Å². The van der Waals surface area contributed by atoms with Crippen LogP contribution in [0, 0.1) is 6.92 Å². The van der Waals surface area contributed by atoms with Crippen LogP contribution >= 0.6 is 11.3 Å². The Kier molecular flexibility index (Phi) is 6.97. The highest BCUT2D eigenvalue weighted by Crippen LogP contribution is 2.30. The van der Waals surface area contributed by atoms with E-state index < -0.39 is 17.9 Å². The minimum absolute atomic E-state index is 0.209. The Morgan fingerprint density at radius 2 is 1.80 bits per heavy atom. The Morgan fingerprint density at radius 3 is 2.43 bits per heavy atom. The highest BCUT2D eigenvalue weighted by molar-refractivity contribution is 7.07. The Labute approximate surface area is 205 Å². The van der Waals surface area contributed by atoms with E-state index in [0.717, 1.165) is 16.7 Å². The zero-order valence-electron chi connectivity index (χ0n) is 19.6. The smallest absolute Gasteiger partial charge is 0.338 e. The number of aromatic nitrogens is 1. The van der Waals surface area contributed by atoms with Gasteiger partial charge < -0.3 is 15.2 Å². The summed E-state index contributed by atoms with van der Waals surface area (Å²) in [5.41, 5.74) is 8.38. The Morgan fingerprint density at radius 1 is 1.11 bits per heavy atom. The van der Waals surface area contributed by atoms with Gasteiger partial charge in [0.05, 0.1) is 28.5 Å². The van der Waals surface area contributed by atoms with E-state index in [1.165, 1.54) is 11.3 Å². The summed E-state index contributed by atoms with van der Waals surface area (Å²) in [6, 6.07) is 14.0. The number of aryl methyl sites for hydroxylation is 1. The Hall–Kier alpha value is -3.98. The van der Waals surface area contributed by atoms with Crippen molar-refractivity contribution in [2.45, 2.75) is 26.8 Å². The lowest BCUT2D eigenvalue weighted by molar-refractivity contribution is -0.139. The maximum absolute atomic E-state index is 13.6. The van der Waals surface area contributed by atoms with Crippen molar-refractivity contribution in [2.75, 3.05) is 13.2 Å². The minimum Gasteiger partial charge on any atom is -0.484 e. The van der Waals surface area contributed by atoms with Gasteiger partial charge in [-0.3, -0.25) is 14.2 Å².